The molecular weight excluding hydrogens is 196 g/mol. The fourth-order valence-electron chi connectivity index (χ4n) is 1.48. The van der Waals surface area contributed by atoms with Crippen molar-refractivity contribution < 1.29 is 19.7 Å². The van der Waals surface area contributed by atoms with Crippen molar-refractivity contribution in [2.75, 3.05) is 0 Å². The van der Waals surface area contributed by atoms with E-state index in [1.54, 1.807) is 13.0 Å². The molecule has 4 heteroatoms. The maximum Gasteiger partial charge on any atom is 0.511 e. The molecule has 0 aromatic heterocycles. The van der Waals surface area contributed by atoms with Crippen molar-refractivity contribution >= 4 is 6.16 Å². The Morgan fingerprint density at radius 1 is 1.40 bits per heavy atom. The summed E-state index contributed by atoms with van der Waals surface area (Å²) >= 11 is 0. The lowest BCUT2D eigenvalue weighted by atomic mass is 10.00. The molecule has 0 bridgehead atoms. The number of rotatable bonds is 2. The van der Waals surface area contributed by atoms with Crippen LogP contribution in [0, 0.1) is 13.8 Å². The Hall–Kier alpha value is -1.71. The van der Waals surface area contributed by atoms with Crippen LogP contribution in [0.1, 0.15) is 23.6 Å². The topological polar surface area (TPSA) is 66.8 Å². The van der Waals surface area contributed by atoms with E-state index < -0.39 is 6.16 Å². The molecule has 0 saturated heterocycles. The minimum atomic E-state index is -1.42. The summed E-state index contributed by atoms with van der Waals surface area (Å²) in [6.07, 6.45) is -0.654. The van der Waals surface area contributed by atoms with Crippen LogP contribution in [-0.2, 0) is 6.42 Å². The number of carbonyl (C=O) groups is 1. The van der Waals surface area contributed by atoms with Crippen LogP contribution < -0.4 is 4.74 Å². The summed E-state index contributed by atoms with van der Waals surface area (Å²) in [7, 11) is 0. The van der Waals surface area contributed by atoms with Crippen LogP contribution in [0.25, 0.3) is 0 Å². The molecular formula is C11H14O4. The normalized spacial score (nSPS) is 10.1. The van der Waals surface area contributed by atoms with E-state index in [1.165, 1.54) is 0 Å². The Labute approximate surface area is 88.1 Å². The molecule has 4 nitrogen and oxygen atoms in total. The minimum absolute atomic E-state index is 0.00227. The molecule has 82 valence electrons. The lowest BCUT2D eigenvalue weighted by molar-refractivity contribution is 0.143. The Kier molecular flexibility index (Phi) is 3.19. The first-order valence-electron chi connectivity index (χ1n) is 4.70. The summed E-state index contributed by atoms with van der Waals surface area (Å²) in [5, 5.41) is 18.1. The van der Waals surface area contributed by atoms with E-state index in [4.69, 9.17) is 5.11 Å². The highest BCUT2D eigenvalue weighted by Crippen LogP contribution is 2.34. The first-order valence-corrected chi connectivity index (χ1v) is 4.70. The molecule has 1 aromatic rings. The van der Waals surface area contributed by atoms with Gasteiger partial charge in [-0.05, 0) is 43.0 Å². The van der Waals surface area contributed by atoms with Crippen LogP contribution in [-0.4, -0.2) is 16.4 Å². The van der Waals surface area contributed by atoms with E-state index in [-0.39, 0.29) is 11.5 Å². The van der Waals surface area contributed by atoms with Gasteiger partial charge in [0.1, 0.15) is 0 Å². The van der Waals surface area contributed by atoms with Gasteiger partial charge in [0.2, 0.25) is 0 Å². The quantitative estimate of drug-likeness (QED) is 0.581. The lowest BCUT2D eigenvalue weighted by Gasteiger charge is -2.12. The van der Waals surface area contributed by atoms with Gasteiger partial charge >= 0.3 is 6.16 Å². The Morgan fingerprint density at radius 2 is 2.00 bits per heavy atom. The predicted octanol–water partition coefficient (Wildman–Crippen LogP) is 2.63. The summed E-state index contributed by atoms with van der Waals surface area (Å²) < 4.78 is 4.49. The molecule has 1 rings (SSSR count). The summed E-state index contributed by atoms with van der Waals surface area (Å²) in [6, 6.07) is 1.56. The van der Waals surface area contributed by atoms with Gasteiger partial charge in [0, 0.05) is 0 Å². The van der Waals surface area contributed by atoms with Crippen LogP contribution in [0.4, 0.5) is 4.79 Å². The second-order valence-corrected chi connectivity index (χ2v) is 3.35. The number of aromatic hydroxyl groups is 1. The molecule has 1 aromatic carbocycles. The number of ether oxygens (including phenoxy) is 1. The van der Waals surface area contributed by atoms with Gasteiger partial charge < -0.3 is 14.9 Å². The van der Waals surface area contributed by atoms with E-state index >= 15 is 0 Å². The number of hydrogen-bond donors (Lipinski definition) is 2. The number of aryl methyl sites for hydroxylation is 1. The molecule has 0 unspecified atom stereocenters. The van der Waals surface area contributed by atoms with Gasteiger partial charge in [0.25, 0.3) is 0 Å². The Balaban J connectivity index is 3.28. The number of phenols is 1. The number of carboxylic acid groups (broad SMARTS) is 1. The van der Waals surface area contributed by atoms with Crippen LogP contribution in [0.2, 0.25) is 0 Å². The van der Waals surface area contributed by atoms with Gasteiger partial charge in [-0.25, -0.2) is 4.79 Å². The van der Waals surface area contributed by atoms with Crippen LogP contribution in [0.15, 0.2) is 6.07 Å². The molecule has 0 saturated carbocycles. The van der Waals surface area contributed by atoms with E-state index in [1.807, 2.05) is 13.8 Å². The molecule has 0 aliphatic carbocycles. The predicted molar refractivity (Wildman–Crippen MR) is 55.6 cm³/mol. The molecule has 0 spiro atoms. The largest absolute Gasteiger partial charge is 0.511 e. The molecule has 0 fully saturated rings. The fraction of sp³-hybridized carbons (Fsp3) is 0.364. The van der Waals surface area contributed by atoms with Gasteiger partial charge in [-0.3, -0.25) is 0 Å². The Morgan fingerprint density at radius 3 is 2.47 bits per heavy atom. The highest BCUT2D eigenvalue weighted by atomic mass is 16.7. The molecule has 0 atom stereocenters. The van der Waals surface area contributed by atoms with E-state index in [0.29, 0.717) is 5.56 Å². The third kappa shape index (κ3) is 2.21. The van der Waals surface area contributed by atoms with Crippen molar-refractivity contribution in [2.45, 2.75) is 27.2 Å². The zero-order chi connectivity index (χ0) is 11.6. The van der Waals surface area contributed by atoms with Crippen LogP contribution in [0.3, 0.4) is 0 Å². The van der Waals surface area contributed by atoms with Crippen molar-refractivity contribution in [3.05, 3.63) is 22.8 Å². The van der Waals surface area contributed by atoms with Crippen molar-refractivity contribution in [2.24, 2.45) is 0 Å². The molecule has 0 radical (unpaired) electrons. The summed E-state index contributed by atoms with van der Waals surface area (Å²) in [4.78, 5) is 10.4. The number of phenolic OH excluding ortho intramolecular Hbond substituents is 1. The highest BCUT2D eigenvalue weighted by molar-refractivity contribution is 5.65. The van der Waals surface area contributed by atoms with Crippen molar-refractivity contribution in [1.82, 2.24) is 0 Å². The fourth-order valence-corrected chi connectivity index (χ4v) is 1.48. The van der Waals surface area contributed by atoms with Crippen molar-refractivity contribution in [1.29, 1.82) is 0 Å². The van der Waals surface area contributed by atoms with Gasteiger partial charge in [-0.1, -0.05) is 6.92 Å². The van der Waals surface area contributed by atoms with Gasteiger partial charge in [-0.15, -0.1) is 0 Å². The summed E-state index contributed by atoms with van der Waals surface area (Å²) in [5.74, 6) is -0.102. The van der Waals surface area contributed by atoms with Crippen molar-refractivity contribution in [3.8, 4) is 11.5 Å². The summed E-state index contributed by atoms with van der Waals surface area (Å²) in [5.41, 5.74) is 2.60. The standard InChI is InChI=1S/C11H14O4/c1-4-8-5-9(15-11(13)14)10(12)7(3)6(8)2/h5,12H,4H2,1-3H3,(H,13,14). The molecule has 0 amide bonds. The molecule has 15 heavy (non-hydrogen) atoms. The number of benzene rings is 1. The molecule has 2 N–H and O–H groups in total. The maximum absolute atomic E-state index is 10.4. The first kappa shape index (κ1) is 11.4. The van der Waals surface area contributed by atoms with E-state index in [0.717, 1.165) is 17.5 Å². The van der Waals surface area contributed by atoms with Gasteiger partial charge in [0.15, 0.2) is 11.5 Å². The first-order chi connectivity index (χ1) is 6.97. The minimum Gasteiger partial charge on any atom is -0.504 e. The number of hydrogen-bond acceptors (Lipinski definition) is 3. The van der Waals surface area contributed by atoms with E-state index in [9.17, 15) is 9.90 Å². The maximum atomic E-state index is 10.4. The van der Waals surface area contributed by atoms with Crippen molar-refractivity contribution in [3.63, 3.8) is 0 Å². The molecule has 0 aliphatic rings. The molecule has 0 aliphatic heterocycles. The lowest BCUT2D eigenvalue weighted by Crippen LogP contribution is -2.05. The van der Waals surface area contributed by atoms with E-state index in [2.05, 4.69) is 4.74 Å². The second-order valence-electron chi connectivity index (χ2n) is 3.35. The van der Waals surface area contributed by atoms with Gasteiger partial charge in [-0.2, -0.15) is 0 Å². The third-order valence-corrected chi connectivity index (χ3v) is 2.52. The molecule has 0 heterocycles. The SMILES string of the molecule is CCc1cc(OC(=O)O)c(O)c(C)c1C. The average Bonchev–Trinajstić information content (AvgIpc) is 2.18. The monoisotopic (exact) mass is 210 g/mol. The van der Waals surface area contributed by atoms with Crippen LogP contribution >= 0.6 is 0 Å². The third-order valence-electron chi connectivity index (χ3n) is 2.52. The summed E-state index contributed by atoms with van der Waals surface area (Å²) in [6.45, 7) is 5.58. The van der Waals surface area contributed by atoms with Crippen LogP contribution in [0.5, 0.6) is 11.5 Å². The highest BCUT2D eigenvalue weighted by Gasteiger charge is 2.14. The average molecular weight is 210 g/mol. The second kappa shape index (κ2) is 4.21. The smallest absolute Gasteiger partial charge is 0.504 e. The van der Waals surface area contributed by atoms with Gasteiger partial charge in [0.05, 0.1) is 0 Å². The zero-order valence-corrected chi connectivity index (χ0v) is 9.00. The Bertz CT molecular complexity index is 396. The zero-order valence-electron chi connectivity index (χ0n) is 9.00.